The molecule has 32 heavy (non-hydrogen) atoms. The molecule has 10 heteroatoms. The molecule has 1 aliphatic heterocycles. The van der Waals surface area contributed by atoms with Crippen LogP contribution in [0.3, 0.4) is 0 Å². The van der Waals surface area contributed by atoms with Gasteiger partial charge in [0.15, 0.2) is 5.82 Å². The summed E-state index contributed by atoms with van der Waals surface area (Å²) >= 11 is 0. The van der Waals surface area contributed by atoms with Gasteiger partial charge in [-0.05, 0) is 36.8 Å². The lowest BCUT2D eigenvalue weighted by Crippen LogP contribution is -2.26. The van der Waals surface area contributed by atoms with Gasteiger partial charge in [0.05, 0.1) is 19.3 Å². The number of rotatable bonds is 5. The van der Waals surface area contributed by atoms with Gasteiger partial charge in [-0.25, -0.2) is 27.9 Å². The first kappa shape index (κ1) is 21.4. The fourth-order valence-corrected chi connectivity index (χ4v) is 3.53. The summed E-state index contributed by atoms with van der Waals surface area (Å²) in [5.41, 5.74) is 0.718. The van der Waals surface area contributed by atoms with Gasteiger partial charge >= 0.3 is 6.03 Å². The zero-order chi connectivity index (χ0) is 22.7. The predicted molar refractivity (Wildman–Crippen MR) is 115 cm³/mol. The van der Waals surface area contributed by atoms with Crippen LogP contribution in [0.5, 0.6) is 5.88 Å². The van der Waals surface area contributed by atoms with Crippen molar-refractivity contribution in [1.82, 2.24) is 9.97 Å². The lowest BCUT2D eigenvalue weighted by Gasteiger charge is -2.23. The third kappa shape index (κ3) is 4.58. The summed E-state index contributed by atoms with van der Waals surface area (Å²) in [6.07, 6.45) is 2.14. The molecule has 3 heterocycles. The minimum Gasteiger partial charge on any atom is -0.481 e. The van der Waals surface area contributed by atoms with Crippen LogP contribution in [-0.2, 0) is 0 Å². The highest BCUT2D eigenvalue weighted by Crippen LogP contribution is 2.38. The van der Waals surface area contributed by atoms with Crippen LogP contribution in [0.1, 0.15) is 6.42 Å². The number of carbonyl (C=O) groups excluding carboxylic acids is 1. The van der Waals surface area contributed by atoms with Crippen molar-refractivity contribution in [2.24, 2.45) is 0 Å². The molecular weight excluding hydrogens is 423 g/mol. The number of alkyl halides is 1. The Morgan fingerprint density at radius 3 is 2.66 bits per heavy atom. The van der Waals surface area contributed by atoms with Crippen LogP contribution < -0.4 is 20.3 Å². The maximum atomic E-state index is 14.6. The van der Waals surface area contributed by atoms with Gasteiger partial charge in [-0.15, -0.1) is 0 Å². The number of amides is 2. The molecule has 4 rings (SSSR count). The normalized spacial score (nSPS) is 15.5. The van der Waals surface area contributed by atoms with Crippen LogP contribution in [-0.4, -0.2) is 42.4 Å². The summed E-state index contributed by atoms with van der Waals surface area (Å²) in [6, 6.07) is 6.94. The zero-order valence-corrected chi connectivity index (χ0v) is 17.1. The number of carbonyl (C=O) groups is 1. The van der Waals surface area contributed by atoms with Crippen LogP contribution in [0.4, 0.5) is 35.2 Å². The average molecular weight is 443 g/mol. The number of ether oxygens (including phenoxy) is 1. The minimum atomic E-state index is -1.04. The van der Waals surface area contributed by atoms with Crippen LogP contribution in [0.25, 0.3) is 11.1 Å². The number of hydrogen-bond donors (Lipinski definition) is 2. The van der Waals surface area contributed by atoms with Gasteiger partial charge in [0, 0.05) is 41.8 Å². The van der Waals surface area contributed by atoms with E-state index in [9.17, 15) is 18.0 Å². The molecule has 166 valence electrons. The lowest BCUT2D eigenvalue weighted by atomic mass is 10.0. The van der Waals surface area contributed by atoms with E-state index in [1.165, 1.54) is 31.6 Å². The molecular formula is C22H20F3N5O2. The quantitative estimate of drug-likeness (QED) is 0.602. The first-order valence-corrected chi connectivity index (χ1v) is 9.86. The van der Waals surface area contributed by atoms with Crippen molar-refractivity contribution in [2.45, 2.75) is 12.6 Å². The SMILES string of the molecule is COc1cc(NC(=O)Nc2c(-c3cc(F)ccc3F)ccnc2N2CC[C@H](F)C2)ccn1. The maximum absolute atomic E-state index is 14.6. The number of hydrogen-bond acceptors (Lipinski definition) is 5. The summed E-state index contributed by atoms with van der Waals surface area (Å²) in [5.74, 6) is -0.730. The Kier molecular flexibility index (Phi) is 6.11. The van der Waals surface area contributed by atoms with Crippen LogP contribution in [0, 0.1) is 11.6 Å². The molecule has 0 spiro atoms. The summed E-state index contributed by atoms with van der Waals surface area (Å²) in [7, 11) is 1.45. The summed E-state index contributed by atoms with van der Waals surface area (Å²) < 4.78 is 47.3. The molecule has 1 saturated heterocycles. The third-order valence-electron chi connectivity index (χ3n) is 5.02. The molecule has 0 radical (unpaired) electrons. The number of pyridine rings is 2. The number of benzene rings is 1. The molecule has 1 aromatic carbocycles. The highest BCUT2D eigenvalue weighted by molar-refractivity contribution is 6.05. The molecule has 3 aromatic rings. The minimum absolute atomic E-state index is 0.0504. The van der Waals surface area contributed by atoms with Gasteiger partial charge in [0.1, 0.15) is 17.8 Å². The van der Waals surface area contributed by atoms with Gasteiger partial charge in [0.2, 0.25) is 5.88 Å². The molecule has 1 fully saturated rings. The zero-order valence-electron chi connectivity index (χ0n) is 17.1. The number of anilines is 3. The Labute approximate surface area is 182 Å². The standard InChI is InChI=1S/C22H20F3N5O2/c1-32-19-11-15(4-7-26-19)28-22(31)29-20-16(17-10-13(23)2-3-18(17)25)5-8-27-21(20)30-9-6-14(24)12-30/h2-5,7-8,10-11,14H,6,9,12H2,1H3,(H2,26,28,29,31)/t14-/m0/s1. The molecule has 2 aromatic heterocycles. The van der Waals surface area contributed by atoms with Crippen molar-refractivity contribution < 1.29 is 22.7 Å². The third-order valence-corrected chi connectivity index (χ3v) is 5.02. The van der Waals surface area contributed by atoms with Crippen molar-refractivity contribution in [3.8, 4) is 17.0 Å². The fraction of sp³-hybridized carbons (Fsp3) is 0.227. The van der Waals surface area contributed by atoms with Crippen molar-refractivity contribution in [3.63, 3.8) is 0 Å². The van der Waals surface area contributed by atoms with E-state index in [0.717, 1.165) is 18.2 Å². The predicted octanol–water partition coefficient (Wildman–Crippen LogP) is 4.62. The van der Waals surface area contributed by atoms with Crippen LogP contribution >= 0.6 is 0 Å². The molecule has 0 aliphatic carbocycles. The first-order valence-electron chi connectivity index (χ1n) is 9.86. The van der Waals surface area contributed by atoms with E-state index in [2.05, 4.69) is 20.6 Å². The van der Waals surface area contributed by atoms with E-state index >= 15 is 0 Å². The average Bonchev–Trinajstić information content (AvgIpc) is 3.22. The largest absolute Gasteiger partial charge is 0.481 e. The highest BCUT2D eigenvalue weighted by atomic mass is 19.1. The van der Waals surface area contributed by atoms with Crippen molar-refractivity contribution >= 4 is 23.2 Å². The van der Waals surface area contributed by atoms with E-state index in [1.54, 1.807) is 11.0 Å². The first-order chi connectivity index (χ1) is 15.4. The second-order valence-corrected chi connectivity index (χ2v) is 7.18. The summed E-state index contributed by atoms with van der Waals surface area (Å²) in [6.45, 7) is 0.459. The number of nitrogens with zero attached hydrogens (tertiary/aromatic N) is 3. The molecule has 0 unspecified atom stereocenters. The number of nitrogens with one attached hydrogen (secondary N) is 2. The van der Waals surface area contributed by atoms with Crippen LogP contribution in [0.2, 0.25) is 0 Å². The molecule has 7 nitrogen and oxygen atoms in total. The second-order valence-electron chi connectivity index (χ2n) is 7.18. The fourth-order valence-electron chi connectivity index (χ4n) is 3.53. The smallest absolute Gasteiger partial charge is 0.323 e. The van der Waals surface area contributed by atoms with Crippen molar-refractivity contribution in [3.05, 3.63) is 60.4 Å². The summed E-state index contributed by atoms with van der Waals surface area (Å²) in [5, 5.41) is 5.31. The molecule has 0 bridgehead atoms. The molecule has 0 saturated carbocycles. The molecule has 1 atom stereocenters. The van der Waals surface area contributed by atoms with E-state index in [-0.39, 0.29) is 29.2 Å². The highest BCUT2D eigenvalue weighted by Gasteiger charge is 2.27. The van der Waals surface area contributed by atoms with E-state index < -0.39 is 23.8 Å². The monoisotopic (exact) mass is 443 g/mol. The number of halogens is 3. The molecule has 2 N–H and O–H groups in total. The maximum Gasteiger partial charge on any atom is 0.323 e. The van der Waals surface area contributed by atoms with Crippen LogP contribution in [0.15, 0.2) is 48.8 Å². The van der Waals surface area contributed by atoms with Gasteiger partial charge in [-0.1, -0.05) is 0 Å². The van der Waals surface area contributed by atoms with Gasteiger partial charge in [0.25, 0.3) is 0 Å². The molecule has 2 amide bonds. The number of urea groups is 1. The van der Waals surface area contributed by atoms with Gasteiger partial charge in [-0.3, -0.25) is 0 Å². The number of methoxy groups -OCH3 is 1. The topological polar surface area (TPSA) is 79.4 Å². The second kappa shape index (κ2) is 9.13. The van der Waals surface area contributed by atoms with E-state index in [1.807, 2.05) is 0 Å². The Bertz CT molecular complexity index is 1140. The van der Waals surface area contributed by atoms with E-state index in [0.29, 0.717) is 24.5 Å². The Hall–Kier alpha value is -3.82. The van der Waals surface area contributed by atoms with Gasteiger partial charge in [-0.2, -0.15) is 0 Å². The van der Waals surface area contributed by atoms with Crippen molar-refractivity contribution in [2.75, 3.05) is 35.7 Å². The Balaban J connectivity index is 1.72. The molecule has 1 aliphatic rings. The van der Waals surface area contributed by atoms with Gasteiger partial charge < -0.3 is 20.3 Å². The van der Waals surface area contributed by atoms with E-state index in [4.69, 9.17) is 4.74 Å². The summed E-state index contributed by atoms with van der Waals surface area (Å²) in [4.78, 5) is 22.7. The van der Waals surface area contributed by atoms with Crippen molar-refractivity contribution in [1.29, 1.82) is 0 Å². The number of aromatic nitrogens is 2. The Morgan fingerprint density at radius 2 is 1.91 bits per heavy atom. The lowest BCUT2D eigenvalue weighted by molar-refractivity contribution is 0.262. The Morgan fingerprint density at radius 1 is 1.09 bits per heavy atom.